The lowest BCUT2D eigenvalue weighted by molar-refractivity contribution is -0.149. The molecule has 0 unspecified atom stereocenters. The number of nitrogens with zero attached hydrogens (tertiary/aromatic N) is 3. The molecule has 2 heterocycles. The maximum absolute atomic E-state index is 13.8. The Bertz CT molecular complexity index is 919. The second-order valence-electron chi connectivity index (χ2n) is 8.31. The fourth-order valence-electron chi connectivity index (χ4n) is 4.40. The minimum absolute atomic E-state index is 0.000678. The van der Waals surface area contributed by atoms with E-state index in [4.69, 9.17) is 9.84 Å². The van der Waals surface area contributed by atoms with E-state index in [-0.39, 0.29) is 17.8 Å². The van der Waals surface area contributed by atoms with Crippen molar-refractivity contribution >= 4 is 11.9 Å². The number of carbonyl (C=O) groups is 2. The molecule has 6 heteroatoms. The average Bonchev–Trinajstić information content (AvgIpc) is 3.12. The van der Waals surface area contributed by atoms with Gasteiger partial charge in [-0.05, 0) is 51.2 Å². The Morgan fingerprint density at radius 3 is 2.55 bits per heavy atom. The Labute approximate surface area is 185 Å². The number of rotatable bonds is 8. The van der Waals surface area contributed by atoms with Crippen molar-refractivity contribution in [3.63, 3.8) is 0 Å². The van der Waals surface area contributed by atoms with E-state index in [1.54, 1.807) is 0 Å². The first-order valence-electron chi connectivity index (χ1n) is 11.6. The zero-order valence-electron chi connectivity index (χ0n) is 19.3. The van der Waals surface area contributed by atoms with Crippen molar-refractivity contribution in [3.8, 4) is 5.69 Å². The molecule has 1 aromatic heterocycles. The summed E-state index contributed by atoms with van der Waals surface area (Å²) in [6.07, 6.45) is 4.96. The summed E-state index contributed by atoms with van der Waals surface area (Å²) in [4.78, 5) is 27.9. The summed E-state index contributed by atoms with van der Waals surface area (Å²) < 4.78 is 7.20. The van der Waals surface area contributed by atoms with Gasteiger partial charge in [-0.15, -0.1) is 0 Å². The summed E-state index contributed by atoms with van der Waals surface area (Å²) >= 11 is 0. The first-order valence-corrected chi connectivity index (χ1v) is 11.6. The highest BCUT2D eigenvalue weighted by atomic mass is 16.5. The van der Waals surface area contributed by atoms with E-state index in [2.05, 4.69) is 32.9 Å². The fraction of sp³-hybridized carbons (Fsp3) is 0.560. The molecule has 3 rings (SSSR count). The first-order chi connectivity index (χ1) is 15.0. The zero-order valence-corrected chi connectivity index (χ0v) is 19.3. The molecule has 6 nitrogen and oxygen atoms in total. The van der Waals surface area contributed by atoms with Crippen LogP contribution in [0.3, 0.4) is 0 Å². The predicted octanol–water partition coefficient (Wildman–Crippen LogP) is 4.50. The topological polar surface area (TPSA) is 64.4 Å². The minimum Gasteiger partial charge on any atom is -0.466 e. The van der Waals surface area contributed by atoms with Crippen LogP contribution < -0.4 is 0 Å². The molecule has 168 valence electrons. The van der Waals surface area contributed by atoms with Crippen LogP contribution in [0.15, 0.2) is 24.3 Å². The van der Waals surface area contributed by atoms with Gasteiger partial charge in [0.2, 0.25) is 0 Å². The van der Waals surface area contributed by atoms with Crippen LogP contribution in [0.2, 0.25) is 0 Å². The van der Waals surface area contributed by atoms with Crippen LogP contribution in [0.1, 0.15) is 73.8 Å². The van der Waals surface area contributed by atoms with Gasteiger partial charge in [0.15, 0.2) is 0 Å². The fourth-order valence-corrected chi connectivity index (χ4v) is 4.40. The van der Waals surface area contributed by atoms with Crippen LogP contribution in [0.25, 0.3) is 5.69 Å². The lowest BCUT2D eigenvalue weighted by Gasteiger charge is -2.31. The molecular formula is C25H35N3O3. The molecule has 0 bridgehead atoms. The van der Waals surface area contributed by atoms with Gasteiger partial charge >= 0.3 is 5.97 Å². The van der Waals surface area contributed by atoms with Gasteiger partial charge in [-0.2, -0.15) is 5.10 Å². The molecule has 0 N–H and O–H groups in total. The van der Waals surface area contributed by atoms with Gasteiger partial charge in [-0.3, -0.25) is 9.59 Å². The second kappa shape index (κ2) is 10.6. The number of hydrogen-bond acceptors (Lipinski definition) is 4. The Morgan fingerprint density at radius 1 is 1.13 bits per heavy atom. The van der Waals surface area contributed by atoms with Crippen molar-refractivity contribution in [3.05, 3.63) is 46.8 Å². The number of ether oxygens (including phenoxy) is 1. The highest BCUT2D eigenvalue weighted by Gasteiger charge is 2.33. The summed E-state index contributed by atoms with van der Waals surface area (Å²) in [5.74, 6) is -0.438. The number of carbonyl (C=O) groups excluding carboxylic acids is 2. The Balaban J connectivity index is 2.01. The minimum atomic E-state index is -0.242. The number of hydrogen-bond donors (Lipinski definition) is 0. The number of likely N-dealkylation sites (tertiary alicyclic amines) is 1. The van der Waals surface area contributed by atoms with E-state index >= 15 is 0 Å². The summed E-state index contributed by atoms with van der Waals surface area (Å²) in [5, 5.41) is 4.93. The lowest BCUT2D eigenvalue weighted by Crippen LogP contribution is -2.43. The lowest BCUT2D eigenvalue weighted by atomic mass is 9.96. The third-order valence-corrected chi connectivity index (χ3v) is 5.91. The summed E-state index contributed by atoms with van der Waals surface area (Å²) in [6.45, 7) is 9.58. The maximum atomic E-state index is 13.8. The molecule has 1 fully saturated rings. The molecule has 0 spiro atoms. The van der Waals surface area contributed by atoms with E-state index in [1.807, 2.05) is 28.6 Å². The van der Waals surface area contributed by atoms with E-state index in [0.717, 1.165) is 66.7 Å². The zero-order chi connectivity index (χ0) is 22.4. The van der Waals surface area contributed by atoms with Crippen LogP contribution in [-0.2, 0) is 22.4 Å². The van der Waals surface area contributed by atoms with Crippen molar-refractivity contribution in [1.82, 2.24) is 14.7 Å². The van der Waals surface area contributed by atoms with Gasteiger partial charge < -0.3 is 9.64 Å². The average molecular weight is 426 g/mol. The molecule has 1 aliphatic heterocycles. The van der Waals surface area contributed by atoms with Gasteiger partial charge in [-0.1, -0.05) is 44.9 Å². The smallest absolute Gasteiger partial charge is 0.310 e. The number of aromatic nitrogens is 2. The third kappa shape index (κ3) is 5.00. The van der Waals surface area contributed by atoms with Crippen molar-refractivity contribution in [2.45, 2.75) is 66.2 Å². The quantitative estimate of drug-likeness (QED) is 0.584. The van der Waals surface area contributed by atoms with Gasteiger partial charge in [-0.25, -0.2) is 4.68 Å². The Morgan fingerprint density at radius 2 is 1.87 bits per heavy atom. The monoisotopic (exact) mass is 425 g/mol. The Kier molecular flexibility index (Phi) is 7.88. The van der Waals surface area contributed by atoms with Crippen molar-refractivity contribution in [2.24, 2.45) is 5.92 Å². The SMILES string of the molecule is CCCc1nn(-c2ccccc2C)c(CCC)c1C(=O)N1CCC[C@H](C(=O)OCC)C1. The maximum Gasteiger partial charge on any atom is 0.310 e. The van der Waals surface area contributed by atoms with E-state index in [0.29, 0.717) is 19.7 Å². The normalized spacial score (nSPS) is 16.4. The van der Waals surface area contributed by atoms with Gasteiger partial charge in [0.25, 0.3) is 5.91 Å². The Hall–Kier alpha value is -2.63. The van der Waals surface area contributed by atoms with Gasteiger partial charge in [0, 0.05) is 13.1 Å². The standard InChI is InChI=1S/C25H35N3O3/c1-5-11-20-23(24(29)27-16-10-14-19(17-27)25(30)31-7-3)22(12-6-2)28(26-20)21-15-9-8-13-18(21)4/h8-9,13,15,19H,5-7,10-12,14,16-17H2,1-4H3/t19-/m0/s1. The third-order valence-electron chi connectivity index (χ3n) is 5.91. The molecule has 1 aliphatic rings. The molecule has 31 heavy (non-hydrogen) atoms. The molecule has 1 amide bonds. The van der Waals surface area contributed by atoms with Crippen LogP contribution >= 0.6 is 0 Å². The predicted molar refractivity (Wildman–Crippen MR) is 122 cm³/mol. The second-order valence-corrected chi connectivity index (χ2v) is 8.31. The molecule has 0 radical (unpaired) electrons. The van der Waals surface area contributed by atoms with Gasteiger partial charge in [0.05, 0.1) is 35.2 Å². The van der Waals surface area contributed by atoms with Crippen LogP contribution in [0, 0.1) is 12.8 Å². The molecule has 0 aliphatic carbocycles. The molecule has 0 saturated carbocycles. The number of aryl methyl sites for hydroxylation is 2. The van der Waals surface area contributed by atoms with Crippen LogP contribution in [0.4, 0.5) is 0 Å². The van der Waals surface area contributed by atoms with Crippen LogP contribution in [-0.4, -0.2) is 46.3 Å². The molecule has 1 aromatic carbocycles. The number of para-hydroxylation sites is 1. The molecule has 1 atom stereocenters. The largest absolute Gasteiger partial charge is 0.466 e. The highest BCUT2D eigenvalue weighted by Crippen LogP contribution is 2.27. The summed E-state index contributed by atoms with van der Waals surface area (Å²) in [5.41, 5.74) is 4.72. The first kappa shape index (κ1) is 23.0. The van der Waals surface area contributed by atoms with E-state index < -0.39 is 0 Å². The molecule has 2 aromatic rings. The number of esters is 1. The highest BCUT2D eigenvalue weighted by molar-refractivity contribution is 5.97. The van der Waals surface area contributed by atoms with Crippen molar-refractivity contribution in [1.29, 1.82) is 0 Å². The molecule has 1 saturated heterocycles. The molecular weight excluding hydrogens is 390 g/mol. The summed E-state index contributed by atoms with van der Waals surface area (Å²) in [7, 11) is 0. The van der Waals surface area contributed by atoms with Crippen molar-refractivity contribution in [2.75, 3.05) is 19.7 Å². The van der Waals surface area contributed by atoms with E-state index in [1.165, 1.54) is 0 Å². The summed E-state index contributed by atoms with van der Waals surface area (Å²) in [6, 6.07) is 8.16. The number of benzene rings is 1. The van der Waals surface area contributed by atoms with Gasteiger partial charge in [0.1, 0.15) is 0 Å². The number of piperidine rings is 1. The van der Waals surface area contributed by atoms with Crippen molar-refractivity contribution < 1.29 is 14.3 Å². The number of amides is 1. The van der Waals surface area contributed by atoms with E-state index in [9.17, 15) is 9.59 Å². The van der Waals surface area contributed by atoms with Crippen LogP contribution in [0.5, 0.6) is 0 Å².